The zero-order chi connectivity index (χ0) is 32.8. The molecule has 3 N–H and O–H groups in total. The summed E-state index contributed by atoms with van der Waals surface area (Å²) in [4.78, 5) is 26.0. The Morgan fingerprint density at radius 2 is 1.51 bits per heavy atom. The summed E-state index contributed by atoms with van der Waals surface area (Å²) in [7, 11) is -2.69. The van der Waals surface area contributed by atoms with Crippen LogP contribution in [0, 0.1) is 17.2 Å². The van der Waals surface area contributed by atoms with Crippen LogP contribution in [0.5, 0.6) is 0 Å². The number of carbonyl (C=O) groups is 2. The molecular formula is C34H42N4O6S. The van der Waals surface area contributed by atoms with Gasteiger partial charge in [-0.2, -0.15) is 9.57 Å². The Morgan fingerprint density at radius 1 is 0.933 bits per heavy atom. The molecule has 0 aliphatic heterocycles. The molecule has 0 aliphatic rings. The number of ether oxygens (including phenoxy) is 1. The van der Waals surface area contributed by atoms with E-state index in [1.807, 2.05) is 80.6 Å². The third-order valence-electron chi connectivity index (χ3n) is 7.41. The molecule has 240 valence electrons. The minimum atomic E-state index is -3.93. The van der Waals surface area contributed by atoms with Crippen LogP contribution in [0.4, 0.5) is 4.79 Å². The fraction of sp³-hybridized carbons (Fsp3) is 0.382. The van der Waals surface area contributed by atoms with Crippen molar-refractivity contribution in [1.82, 2.24) is 14.9 Å². The van der Waals surface area contributed by atoms with Gasteiger partial charge in [-0.05, 0) is 54.2 Å². The number of hydrogen-bond donors (Lipinski definition) is 3. The number of methoxy groups -OCH3 is 1. The molecule has 0 unspecified atom stereocenters. The smallest absolute Gasteiger partial charge is 0.407 e. The predicted octanol–water partition coefficient (Wildman–Crippen LogP) is 4.41. The first-order valence-corrected chi connectivity index (χ1v) is 16.4. The molecule has 0 aliphatic carbocycles. The lowest BCUT2D eigenvalue weighted by Crippen LogP contribution is -2.50. The molecule has 0 radical (unpaired) electrons. The Labute approximate surface area is 266 Å². The predicted molar refractivity (Wildman–Crippen MR) is 172 cm³/mol. The van der Waals surface area contributed by atoms with E-state index in [9.17, 15) is 23.1 Å². The number of carbonyl (C=O) groups excluding carboxylic acids is 2. The molecule has 0 fully saturated rings. The van der Waals surface area contributed by atoms with Crippen LogP contribution in [0.3, 0.4) is 0 Å². The molecule has 3 rings (SSSR count). The van der Waals surface area contributed by atoms with Gasteiger partial charge in [0.1, 0.15) is 6.04 Å². The molecule has 45 heavy (non-hydrogen) atoms. The largest absolute Gasteiger partial charge is 0.453 e. The van der Waals surface area contributed by atoms with Crippen LogP contribution in [0.2, 0.25) is 0 Å². The molecule has 0 aromatic heterocycles. The lowest BCUT2D eigenvalue weighted by molar-refractivity contribution is -0.123. The monoisotopic (exact) mass is 634 g/mol. The second kappa shape index (κ2) is 17.3. The number of nitrogens with zero attached hydrogens (tertiary/aromatic N) is 2. The van der Waals surface area contributed by atoms with Crippen LogP contribution < -0.4 is 10.6 Å². The first-order valence-electron chi connectivity index (χ1n) is 15.0. The lowest BCUT2D eigenvalue weighted by atomic mass is 9.84. The van der Waals surface area contributed by atoms with Gasteiger partial charge < -0.3 is 20.5 Å². The molecule has 0 heterocycles. The van der Waals surface area contributed by atoms with Gasteiger partial charge in [-0.1, -0.05) is 80.9 Å². The minimum absolute atomic E-state index is 0.00733. The van der Waals surface area contributed by atoms with E-state index in [0.717, 1.165) is 11.1 Å². The van der Waals surface area contributed by atoms with Crippen molar-refractivity contribution in [3.63, 3.8) is 0 Å². The zero-order valence-corrected chi connectivity index (χ0v) is 26.7. The van der Waals surface area contributed by atoms with Crippen LogP contribution in [0.1, 0.15) is 55.7 Å². The number of unbranched alkanes of at least 4 members (excludes halogenated alkanes) is 1. The fourth-order valence-electron chi connectivity index (χ4n) is 5.18. The van der Waals surface area contributed by atoms with E-state index in [2.05, 4.69) is 10.6 Å². The SMILES string of the molecule is COC(=O)N[C@H](C(=O)NCCCC[C@@H](CO)N(CC(C)C)S(=O)(=O)c1ccc(C#N)cc1)C(c1ccccc1)c1ccccc1. The highest BCUT2D eigenvalue weighted by molar-refractivity contribution is 7.89. The van der Waals surface area contributed by atoms with Crippen molar-refractivity contribution in [1.29, 1.82) is 5.26 Å². The number of amides is 2. The molecule has 2 atom stereocenters. The number of nitrogens with one attached hydrogen (secondary N) is 2. The highest BCUT2D eigenvalue weighted by Gasteiger charge is 2.33. The quantitative estimate of drug-likeness (QED) is 0.198. The summed E-state index contributed by atoms with van der Waals surface area (Å²) >= 11 is 0. The summed E-state index contributed by atoms with van der Waals surface area (Å²) in [6.45, 7) is 3.94. The average molecular weight is 635 g/mol. The number of aliphatic hydroxyl groups is 1. The van der Waals surface area contributed by atoms with E-state index in [0.29, 0.717) is 24.8 Å². The lowest BCUT2D eigenvalue weighted by Gasteiger charge is -2.31. The second-order valence-corrected chi connectivity index (χ2v) is 13.0. The van der Waals surface area contributed by atoms with Crippen molar-refractivity contribution in [2.24, 2.45) is 5.92 Å². The summed E-state index contributed by atoms with van der Waals surface area (Å²) in [5.74, 6) is -0.864. The van der Waals surface area contributed by atoms with Crippen LogP contribution in [0.15, 0.2) is 89.8 Å². The molecule has 2 amide bonds. The van der Waals surface area contributed by atoms with Gasteiger partial charge in [-0.15, -0.1) is 0 Å². The molecule has 3 aromatic rings. The molecule has 11 heteroatoms. The first-order chi connectivity index (χ1) is 21.6. The Bertz CT molecular complexity index is 1470. The van der Waals surface area contributed by atoms with Crippen LogP contribution in [-0.2, 0) is 19.6 Å². The molecule has 0 spiro atoms. The normalized spacial score (nSPS) is 12.8. The van der Waals surface area contributed by atoms with Gasteiger partial charge >= 0.3 is 6.09 Å². The molecule has 0 saturated heterocycles. The maximum absolute atomic E-state index is 13.6. The van der Waals surface area contributed by atoms with Crippen LogP contribution in [0.25, 0.3) is 0 Å². The topological polar surface area (TPSA) is 149 Å². The van der Waals surface area contributed by atoms with Crippen molar-refractivity contribution in [2.75, 3.05) is 26.8 Å². The van der Waals surface area contributed by atoms with Gasteiger partial charge in [0.05, 0.1) is 30.2 Å². The summed E-state index contributed by atoms with van der Waals surface area (Å²) in [5, 5.41) is 24.9. The number of aliphatic hydroxyl groups excluding tert-OH is 1. The number of alkyl carbamates (subject to hydrolysis) is 1. The number of sulfonamides is 1. The Balaban J connectivity index is 1.70. The van der Waals surface area contributed by atoms with Gasteiger partial charge in [-0.25, -0.2) is 13.2 Å². The van der Waals surface area contributed by atoms with Crippen molar-refractivity contribution in [3.8, 4) is 6.07 Å². The first kappa shape index (κ1) is 35.2. The molecule has 0 saturated carbocycles. The molecule has 3 aromatic carbocycles. The van der Waals surface area contributed by atoms with Crippen molar-refractivity contribution in [3.05, 3.63) is 102 Å². The van der Waals surface area contributed by atoms with Gasteiger partial charge in [0.2, 0.25) is 15.9 Å². The summed E-state index contributed by atoms with van der Waals surface area (Å²) in [6.07, 6.45) is 0.682. The summed E-state index contributed by atoms with van der Waals surface area (Å²) in [6, 6.07) is 25.0. The van der Waals surface area contributed by atoms with Crippen LogP contribution >= 0.6 is 0 Å². The van der Waals surface area contributed by atoms with Crippen molar-refractivity contribution in [2.45, 2.75) is 56.0 Å². The Hall–Kier alpha value is -4.24. The highest BCUT2D eigenvalue weighted by Crippen LogP contribution is 2.29. The third kappa shape index (κ3) is 9.88. The highest BCUT2D eigenvalue weighted by atomic mass is 32.2. The number of nitriles is 1. The van der Waals surface area contributed by atoms with Crippen LogP contribution in [-0.4, -0.2) is 68.7 Å². The third-order valence-corrected chi connectivity index (χ3v) is 9.34. The van der Waals surface area contributed by atoms with E-state index in [-0.39, 0.29) is 36.4 Å². The van der Waals surface area contributed by atoms with Gasteiger partial charge in [-0.3, -0.25) is 4.79 Å². The molecular weight excluding hydrogens is 592 g/mol. The summed E-state index contributed by atoms with van der Waals surface area (Å²) in [5.41, 5.74) is 2.05. The minimum Gasteiger partial charge on any atom is -0.453 e. The molecule has 10 nitrogen and oxygen atoms in total. The van der Waals surface area contributed by atoms with E-state index in [4.69, 9.17) is 10.00 Å². The Morgan fingerprint density at radius 3 is 2.00 bits per heavy atom. The maximum atomic E-state index is 13.6. The van der Waals surface area contributed by atoms with E-state index in [1.165, 1.54) is 35.7 Å². The van der Waals surface area contributed by atoms with Gasteiger partial charge in [0.25, 0.3) is 0 Å². The number of hydrogen-bond acceptors (Lipinski definition) is 7. The summed E-state index contributed by atoms with van der Waals surface area (Å²) < 4.78 is 33.3. The van der Waals surface area contributed by atoms with Gasteiger partial charge in [0.15, 0.2) is 0 Å². The number of benzene rings is 3. The average Bonchev–Trinajstić information content (AvgIpc) is 3.06. The van der Waals surface area contributed by atoms with E-state index >= 15 is 0 Å². The van der Waals surface area contributed by atoms with Crippen molar-refractivity contribution < 1.29 is 27.9 Å². The van der Waals surface area contributed by atoms with Crippen molar-refractivity contribution >= 4 is 22.0 Å². The second-order valence-electron chi connectivity index (χ2n) is 11.1. The fourth-order valence-corrected chi connectivity index (χ4v) is 6.99. The Kier molecular flexibility index (Phi) is 13.5. The van der Waals surface area contributed by atoms with Gasteiger partial charge in [0, 0.05) is 25.0 Å². The van der Waals surface area contributed by atoms with E-state index in [1.54, 1.807) is 0 Å². The zero-order valence-electron chi connectivity index (χ0n) is 25.9. The standard InChI is InChI=1S/C34H42N4O6S/c1-25(2)23-38(45(42,43)30-19-17-26(22-35)18-20-30)29(24-39)16-10-11-21-36-33(40)32(37-34(41)44-3)31(27-12-6-4-7-13-27)28-14-8-5-9-15-28/h4-9,12-15,17-20,25,29,31-32,39H,10-11,16,21,23-24H2,1-3H3,(H,36,40)(H,37,41)/t29-,32-/m0/s1. The maximum Gasteiger partial charge on any atom is 0.407 e. The molecule has 0 bridgehead atoms. The number of rotatable bonds is 16. The van der Waals surface area contributed by atoms with E-state index < -0.39 is 34.1 Å².